The Hall–Kier alpha value is -3.88. The summed E-state index contributed by atoms with van der Waals surface area (Å²) in [7, 11) is 3.18. The molecule has 0 bridgehead atoms. The number of amides is 1. The molecule has 1 aromatic carbocycles. The summed E-state index contributed by atoms with van der Waals surface area (Å²) in [4.78, 5) is 29.2. The fraction of sp³-hybridized carbons (Fsp3) is 0.185. The van der Waals surface area contributed by atoms with Crippen LogP contribution in [0.25, 0.3) is 26.7 Å². The molecule has 35 heavy (non-hydrogen) atoms. The Morgan fingerprint density at radius 2 is 1.91 bits per heavy atom. The van der Waals surface area contributed by atoms with Crippen molar-refractivity contribution in [3.05, 3.63) is 94.1 Å². The molecular weight excluding hydrogens is 464 g/mol. The van der Waals surface area contributed by atoms with Crippen molar-refractivity contribution in [2.45, 2.75) is 6.54 Å². The third-order valence-corrected chi connectivity index (χ3v) is 6.91. The molecule has 4 heterocycles. The van der Waals surface area contributed by atoms with Gasteiger partial charge >= 0.3 is 0 Å². The summed E-state index contributed by atoms with van der Waals surface area (Å²) < 4.78 is 18.6. The van der Waals surface area contributed by atoms with Gasteiger partial charge in [0.25, 0.3) is 11.5 Å². The van der Waals surface area contributed by atoms with E-state index >= 15 is 0 Å². The number of methoxy groups -OCH3 is 2. The Bertz CT molecular complexity index is 1550. The number of carbonyl (C=O) groups excluding carboxylic acids is 1. The molecule has 0 aliphatic carbocycles. The molecular formula is C27H24N2O5S. The van der Waals surface area contributed by atoms with E-state index in [0.29, 0.717) is 47.9 Å². The van der Waals surface area contributed by atoms with Crippen molar-refractivity contribution in [1.29, 1.82) is 0 Å². The summed E-state index contributed by atoms with van der Waals surface area (Å²) in [5.74, 6) is 1.09. The van der Waals surface area contributed by atoms with Crippen LogP contribution in [0, 0.1) is 0 Å². The average Bonchev–Trinajstić information content (AvgIpc) is 3.58. The molecule has 0 atom stereocenters. The van der Waals surface area contributed by atoms with E-state index in [1.165, 1.54) is 11.3 Å². The number of nitrogens with zero attached hydrogens (tertiary/aromatic N) is 2. The van der Waals surface area contributed by atoms with Crippen LogP contribution in [0.5, 0.6) is 5.75 Å². The van der Waals surface area contributed by atoms with Gasteiger partial charge < -0.3 is 18.8 Å². The van der Waals surface area contributed by atoms with Crippen molar-refractivity contribution in [2.24, 2.45) is 0 Å². The van der Waals surface area contributed by atoms with E-state index < -0.39 is 0 Å². The van der Waals surface area contributed by atoms with Crippen molar-refractivity contribution in [3.63, 3.8) is 0 Å². The fourth-order valence-corrected chi connectivity index (χ4v) is 5.17. The van der Waals surface area contributed by atoms with Crippen molar-refractivity contribution in [1.82, 2.24) is 9.30 Å². The molecule has 5 aromatic rings. The molecule has 0 fully saturated rings. The van der Waals surface area contributed by atoms with Crippen LogP contribution < -0.4 is 10.3 Å². The third kappa shape index (κ3) is 4.22. The number of hydrogen-bond acceptors (Lipinski definition) is 6. The highest BCUT2D eigenvalue weighted by molar-refractivity contribution is 7.18. The molecule has 0 saturated carbocycles. The largest absolute Gasteiger partial charge is 0.496 e. The zero-order valence-electron chi connectivity index (χ0n) is 19.4. The molecule has 1 amide bonds. The highest BCUT2D eigenvalue weighted by Crippen LogP contribution is 2.32. The Balaban J connectivity index is 1.67. The van der Waals surface area contributed by atoms with Crippen LogP contribution in [0.2, 0.25) is 0 Å². The number of benzene rings is 1. The first kappa shape index (κ1) is 22.9. The lowest BCUT2D eigenvalue weighted by atomic mass is 10.0. The first-order chi connectivity index (χ1) is 17.1. The number of thiophene rings is 1. The summed E-state index contributed by atoms with van der Waals surface area (Å²) in [5.41, 5.74) is 2.19. The number of furan rings is 1. The average molecular weight is 489 g/mol. The topological polar surface area (TPSA) is 73.4 Å². The second-order valence-corrected chi connectivity index (χ2v) is 8.93. The Kier molecular flexibility index (Phi) is 6.39. The first-order valence-corrected chi connectivity index (χ1v) is 12.0. The van der Waals surface area contributed by atoms with Crippen LogP contribution in [0.1, 0.15) is 16.1 Å². The number of hydrogen-bond donors (Lipinski definition) is 0. The van der Waals surface area contributed by atoms with Gasteiger partial charge in [-0.05, 0) is 41.8 Å². The second kappa shape index (κ2) is 9.77. The monoisotopic (exact) mass is 488 g/mol. The Morgan fingerprint density at radius 3 is 2.69 bits per heavy atom. The third-order valence-electron chi connectivity index (χ3n) is 5.97. The lowest BCUT2D eigenvalue weighted by Crippen LogP contribution is -2.34. The Labute approximate surface area is 205 Å². The molecule has 178 valence electrons. The van der Waals surface area contributed by atoms with Gasteiger partial charge in [0.05, 0.1) is 47.9 Å². The predicted octanol–water partition coefficient (Wildman–Crippen LogP) is 5.07. The zero-order valence-corrected chi connectivity index (χ0v) is 20.2. The molecule has 0 spiro atoms. The van der Waals surface area contributed by atoms with Crippen molar-refractivity contribution < 1.29 is 18.7 Å². The maximum absolute atomic E-state index is 13.8. The van der Waals surface area contributed by atoms with Gasteiger partial charge in [0.2, 0.25) is 0 Å². The van der Waals surface area contributed by atoms with Gasteiger partial charge in [-0.1, -0.05) is 18.2 Å². The van der Waals surface area contributed by atoms with Crippen LogP contribution in [0.3, 0.4) is 0 Å². The van der Waals surface area contributed by atoms with Gasteiger partial charge in [-0.25, -0.2) is 0 Å². The second-order valence-electron chi connectivity index (χ2n) is 8.01. The molecule has 0 unspecified atom stereocenters. The van der Waals surface area contributed by atoms with E-state index in [1.54, 1.807) is 42.0 Å². The highest BCUT2D eigenvalue weighted by atomic mass is 32.1. The lowest BCUT2D eigenvalue weighted by Gasteiger charge is -2.22. The molecule has 7 nitrogen and oxygen atoms in total. The molecule has 5 rings (SSSR count). The van der Waals surface area contributed by atoms with E-state index in [0.717, 1.165) is 15.6 Å². The molecule has 0 radical (unpaired) electrons. The maximum Gasteiger partial charge on any atom is 0.263 e. The standard InChI is InChI=1S/C27H24N2O5S/c1-32-14-12-28(16-18-6-5-13-34-18)26(30)22-17-29-23(25-20(22)11-15-35-25)10-9-21(27(29)31)19-7-3-4-8-24(19)33-2/h3-11,13,15,17H,12,14,16H2,1-2H3. The summed E-state index contributed by atoms with van der Waals surface area (Å²) in [6, 6.07) is 16.7. The van der Waals surface area contributed by atoms with Gasteiger partial charge in [-0.15, -0.1) is 11.3 Å². The van der Waals surface area contributed by atoms with Gasteiger partial charge in [-0.3, -0.25) is 14.0 Å². The number of para-hydroxylation sites is 1. The normalized spacial score (nSPS) is 11.3. The number of ether oxygens (including phenoxy) is 2. The van der Waals surface area contributed by atoms with E-state index in [9.17, 15) is 9.59 Å². The lowest BCUT2D eigenvalue weighted by molar-refractivity contribution is 0.0668. The summed E-state index contributed by atoms with van der Waals surface area (Å²) in [6.07, 6.45) is 3.23. The van der Waals surface area contributed by atoms with Crippen LogP contribution in [0.15, 0.2) is 81.6 Å². The van der Waals surface area contributed by atoms with E-state index in [1.807, 2.05) is 53.9 Å². The van der Waals surface area contributed by atoms with Gasteiger partial charge in [0.15, 0.2) is 0 Å². The summed E-state index contributed by atoms with van der Waals surface area (Å²) >= 11 is 1.50. The minimum Gasteiger partial charge on any atom is -0.496 e. The van der Waals surface area contributed by atoms with Crippen LogP contribution in [-0.2, 0) is 11.3 Å². The minimum atomic E-state index is -0.217. The number of fused-ring (bicyclic) bond motifs is 3. The van der Waals surface area contributed by atoms with Crippen LogP contribution in [-0.4, -0.2) is 42.6 Å². The number of carbonyl (C=O) groups is 1. The number of pyridine rings is 2. The molecule has 0 saturated heterocycles. The smallest absolute Gasteiger partial charge is 0.263 e. The predicted molar refractivity (Wildman–Crippen MR) is 136 cm³/mol. The maximum atomic E-state index is 13.8. The summed E-state index contributed by atoms with van der Waals surface area (Å²) in [6.45, 7) is 1.07. The number of rotatable bonds is 8. The van der Waals surface area contributed by atoms with Gasteiger partial charge in [-0.2, -0.15) is 0 Å². The Morgan fingerprint density at radius 1 is 1.06 bits per heavy atom. The first-order valence-electron chi connectivity index (χ1n) is 11.1. The SMILES string of the molecule is COCCN(Cc1ccco1)C(=O)c1cn2c(=O)c(-c3ccccc3OC)ccc2c2sccc12. The van der Waals surface area contributed by atoms with Crippen LogP contribution >= 0.6 is 11.3 Å². The highest BCUT2D eigenvalue weighted by Gasteiger charge is 2.22. The molecule has 0 N–H and O–H groups in total. The van der Waals surface area contributed by atoms with Crippen molar-refractivity contribution >= 4 is 32.8 Å². The van der Waals surface area contributed by atoms with E-state index in [2.05, 4.69) is 0 Å². The fourth-order valence-electron chi connectivity index (χ4n) is 4.24. The molecule has 4 aromatic heterocycles. The van der Waals surface area contributed by atoms with Crippen molar-refractivity contribution in [2.75, 3.05) is 27.4 Å². The number of aromatic nitrogens is 1. The van der Waals surface area contributed by atoms with E-state index in [4.69, 9.17) is 13.9 Å². The summed E-state index contributed by atoms with van der Waals surface area (Å²) in [5, 5.41) is 2.75. The van der Waals surface area contributed by atoms with Gasteiger partial charge in [0, 0.05) is 30.8 Å². The molecule has 0 aliphatic heterocycles. The van der Waals surface area contributed by atoms with Gasteiger partial charge in [0.1, 0.15) is 11.5 Å². The van der Waals surface area contributed by atoms with Crippen LogP contribution in [0.4, 0.5) is 0 Å². The van der Waals surface area contributed by atoms with E-state index in [-0.39, 0.29) is 11.5 Å². The quantitative estimate of drug-likeness (QED) is 0.305. The zero-order chi connectivity index (χ0) is 24.4. The minimum absolute atomic E-state index is 0.196. The van der Waals surface area contributed by atoms with Crippen molar-refractivity contribution in [3.8, 4) is 16.9 Å². The molecule has 0 aliphatic rings. The molecule has 8 heteroatoms.